The fourth-order valence-electron chi connectivity index (χ4n) is 2.35. The summed E-state index contributed by atoms with van der Waals surface area (Å²) in [6.45, 7) is 5.16. The maximum atomic E-state index is 13.0. The van der Waals surface area contributed by atoms with Crippen molar-refractivity contribution in [3.8, 4) is 0 Å². The first-order valence-electron chi connectivity index (χ1n) is 6.38. The van der Waals surface area contributed by atoms with Crippen LogP contribution in [0.2, 0.25) is 5.02 Å². The van der Waals surface area contributed by atoms with Crippen molar-refractivity contribution in [2.45, 2.75) is 31.8 Å². The molecule has 1 N–H and O–H groups in total. The second kappa shape index (κ2) is 5.55. The van der Waals surface area contributed by atoms with Crippen molar-refractivity contribution in [2.75, 3.05) is 20.1 Å². The molecule has 0 spiro atoms. The van der Waals surface area contributed by atoms with Gasteiger partial charge in [-0.25, -0.2) is 4.39 Å². The molecule has 0 radical (unpaired) electrons. The zero-order valence-corrected chi connectivity index (χ0v) is 11.7. The van der Waals surface area contributed by atoms with Crippen LogP contribution in [0, 0.1) is 5.82 Å². The summed E-state index contributed by atoms with van der Waals surface area (Å²) in [4.78, 5) is 2.37. The van der Waals surface area contributed by atoms with E-state index >= 15 is 0 Å². The summed E-state index contributed by atoms with van der Waals surface area (Å²) in [5.74, 6) is -0.273. The molecule has 18 heavy (non-hydrogen) atoms. The highest BCUT2D eigenvalue weighted by molar-refractivity contribution is 6.31. The standard InChI is InChI=1S/C14H20ClFN2/c1-14(17-2)5-7-18(8-6-14)10-11-3-4-12(16)9-13(11)15/h3-4,9,17H,5-8,10H2,1-2H3. The second-order valence-electron chi connectivity index (χ2n) is 5.32. The highest BCUT2D eigenvalue weighted by atomic mass is 35.5. The topological polar surface area (TPSA) is 15.3 Å². The summed E-state index contributed by atoms with van der Waals surface area (Å²) >= 11 is 6.05. The highest BCUT2D eigenvalue weighted by Crippen LogP contribution is 2.24. The third kappa shape index (κ3) is 3.22. The molecule has 2 rings (SSSR count). The van der Waals surface area contributed by atoms with Gasteiger partial charge >= 0.3 is 0 Å². The van der Waals surface area contributed by atoms with Crippen LogP contribution in [0.3, 0.4) is 0 Å². The molecule has 0 amide bonds. The molecule has 100 valence electrons. The van der Waals surface area contributed by atoms with Gasteiger partial charge in [-0.05, 0) is 44.5 Å². The van der Waals surface area contributed by atoms with E-state index in [0.717, 1.165) is 38.0 Å². The minimum Gasteiger partial charge on any atom is -0.314 e. The predicted octanol–water partition coefficient (Wildman–Crippen LogP) is 3.05. The highest BCUT2D eigenvalue weighted by Gasteiger charge is 2.28. The predicted molar refractivity (Wildman–Crippen MR) is 73.4 cm³/mol. The quantitative estimate of drug-likeness (QED) is 0.908. The number of halogens is 2. The molecule has 0 unspecified atom stereocenters. The van der Waals surface area contributed by atoms with E-state index in [1.807, 2.05) is 7.05 Å². The van der Waals surface area contributed by atoms with Gasteiger partial charge in [-0.1, -0.05) is 17.7 Å². The molecule has 1 fully saturated rings. The Kier molecular flexibility index (Phi) is 4.25. The Balaban J connectivity index is 1.95. The van der Waals surface area contributed by atoms with Crippen molar-refractivity contribution in [3.05, 3.63) is 34.6 Å². The van der Waals surface area contributed by atoms with Gasteiger partial charge < -0.3 is 5.32 Å². The lowest BCUT2D eigenvalue weighted by molar-refractivity contribution is 0.146. The van der Waals surface area contributed by atoms with E-state index in [4.69, 9.17) is 11.6 Å². The molecule has 1 aliphatic heterocycles. The number of hydrogen-bond acceptors (Lipinski definition) is 2. The number of nitrogens with zero attached hydrogens (tertiary/aromatic N) is 1. The molecule has 0 bridgehead atoms. The van der Waals surface area contributed by atoms with Gasteiger partial charge in [0.15, 0.2) is 0 Å². The van der Waals surface area contributed by atoms with Crippen molar-refractivity contribution in [1.82, 2.24) is 10.2 Å². The van der Waals surface area contributed by atoms with Gasteiger partial charge in [0.25, 0.3) is 0 Å². The maximum Gasteiger partial charge on any atom is 0.124 e. The number of piperidine rings is 1. The van der Waals surface area contributed by atoms with E-state index in [2.05, 4.69) is 17.1 Å². The summed E-state index contributed by atoms with van der Waals surface area (Å²) in [7, 11) is 2.02. The van der Waals surface area contributed by atoms with Crippen molar-refractivity contribution < 1.29 is 4.39 Å². The number of likely N-dealkylation sites (tertiary alicyclic amines) is 1. The molecule has 1 aliphatic rings. The van der Waals surface area contributed by atoms with Gasteiger partial charge in [0.2, 0.25) is 0 Å². The Labute approximate surface area is 113 Å². The molecular weight excluding hydrogens is 251 g/mol. The molecule has 1 saturated heterocycles. The summed E-state index contributed by atoms with van der Waals surface area (Å²) in [5, 5.41) is 3.91. The van der Waals surface area contributed by atoms with Gasteiger partial charge in [0, 0.05) is 30.2 Å². The van der Waals surface area contributed by atoms with Crippen LogP contribution in [0.15, 0.2) is 18.2 Å². The van der Waals surface area contributed by atoms with Crippen LogP contribution in [-0.2, 0) is 6.54 Å². The lowest BCUT2D eigenvalue weighted by atomic mass is 9.90. The van der Waals surface area contributed by atoms with Crippen molar-refractivity contribution in [3.63, 3.8) is 0 Å². The first-order chi connectivity index (χ1) is 8.52. The van der Waals surface area contributed by atoms with Crippen LogP contribution < -0.4 is 5.32 Å². The molecule has 1 aromatic carbocycles. The Hall–Kier alpha value is -0.640. The molecule has 0 aromatic heterocycles. The van der Waals surface area contributed by atoms with E-state index in [1.54, 1.807) is 6.07 Å². The molecule has 1 heterocycles. The van der Waals surface area contributed by atoms with E-state index in [1.165, 1.54) is 12.1 Å². The third-order valence-corrected chi connectivity index (χ3v) is 4.32. The van der Waals surface area contributed by atoms with Gasteiger partial charge in [-0.15, -0.1) is 0 Å². The Morgan fingerprint density at radius 1 is 1.39 bits per heavy atom. The average Bonchev–Trinajstić information content (AvgIpc) is 2.36. The smallest absolute Gasteiger partial charge is 0.124 e. The van der Waals surface area contributed by atoms with E-state index in [9.17, 15) is 4.39 Å². The summed E-state index contributed by atoms with van der Waals surface area (Å²) < 4.78 is 13.0. The maximum absolute atomic E-state index is 13.0. The van der Waals surface area contributed by atoms with Crippen LogP contribution in [0.25, 0.3) is 0 Å². The molecular formula is C14H20ClFN2. The zero-order chi connectivity index (χ0) is 13.2. The fourth-order valence-corrected chi connectivity index (χ4v) is 2.57. The van der Waals surface area contributed by atoms with Gasteiger partial charge in [0.1, 0.15) is 5.82 Å². The first-order valence-corrected chi connectivity index (χ1v) is 6.75. The molecule has 2 nitrogen and oxygen atoms in total. The van der Waals surface area contributed by atoms with Crippen LogP contribution >= 0.6 is 11.6 Å². The van der Waals surface area contributed by atoms with Crippen LogP contribution in [-0.4, -0.2) is 30.6 Å². The van der Waals surface area contributed by atoms with Crippen molar-refractivity contribution in [1.29, 1.82) is 0 Å². The third-order valence-electron chi connectivity index (χ3n) is 3.97. The number of hydrogen-bond donors (Lipinski definition) is 1. The molecule has 1 aromatic rings. The average molecular weight is 271 g/mol. The largest absolute Gasteiger partial charge is 0.314 e. The monoisotopic (exact) mass is 270 g/mol. The molecule has 4 heteroatoms. The zero-order valence-electron chi connectivity index (χ0n) is 11.0. The summed E-state index contributed by atoms with van der Waals surface area (Å²) in [6, 6.07) is 4.64. The summed E-state index contributed by atoms with van der Waals surface area (Å²) in [5.41, 5.74) is 1.26. The van der Waals surface area contributed by atoms with Gasteiger partial charge in [-0.2, -0.15) is 0 Å². The normalized spacial score (nSPS) is 20.0. The van der Waals surface area contributed by atoms with E-state index in [-0.39, 0.29) is 11.4 Å². The fraction of sp³-hybridized carbons (Fsp3) is 0.571. The minimum absolute atomic E-state index is 0.253. The van der Waals surface area contributed by atoms with Crippen molar-refractivity contribution in [2.24, 2.45) is 0 Å². The van der Waals surface area contributed by atoms with E-state index < -0.39 is 0 Å². The lowest BCUT2D eigenvalue weighted by Gasteiger charge is -2.39. The first kappa shape index (κ1) is 13.8. The van der Waals surface area contributed by atoms with Crippen LogP contribution in [0.1, 0.15) is 25.3 Å². The second-order valence-corrected chi connectivity index (χ2v) is 5.73. The molecule has 0 saturated carbocycles. The Morgan fingerprint density at radius 2 is 2.06 bits per heavy atom. The van der Waals surface area contributed by atoms with E-state index in [0.29, 0.717) is 5.02 Å². The van der Waals surface area contributed by atoms with Crippen LogP contribution in [0.5, 0.6) is 0 Å². The molecule has 0 aliphatic carbocycles. The Bertz CT molecular complexity index is 414. The number of rotatable bonds is 3. The van der Waals surface area contributed by atoms with Crippen LogP contribution in [0.4, 0.5) is 4.39 Å². The molecule has 0 atom stereocenters. The minimum atomic E-state index is -0.273. The SMILES string of the molecule is CNC1(C)CCN(Cc2ccc(F)cc2Cl)CC1. The number of nitrogens with one attached hydrogen (secondary N) is 1. The summed E-state index contributed by atoms with van der Waals surface area (Å²) in [6.07, 6.45) is 2.25. The van der Waals surface area contributed by atoms with Gasteiger partial charge in [0.05, 0.1) is 0 Å². The van der Waals surface area contributed by atoms with Gasteiger partial charge in [-0.3, -0.25) is 4.90 Å². The Morgan fingerprint density at radius 3 is 2.61 bits per heavy atom. The lowest BCUT2D eigenvalue weighted by Crippen LogP contribution is -2.49. The van der Waals surface area contributed by atoms with Crippen molar-refractivity contribution >= 4 is 11.6 Å². The number of benzene rings is 1.